The molecular weight excluding hydrogens is 250 g/mol. The van der Waals surface area contributed by atoms with Crippen LogP contribution in [0, 0.1) is 10.1 Å². The second-order valence-corrected chi connectivity index (χ2v) is 4.01. The lowest BCUT2D eigenvalue weighted by Crippen LogP contribution is -2.21. The third-order valence-corrected chi connectivity index (χ3v) is 2.62. The van der Waals surface area contributed by atoms with E-state index in [4.69, 9.17) is 5.73 Å². The van der Waals surface area contributed by atoms with E-state index in [0.29, 0.717) is 12.5 Å². The zero-order chi connectivity index (χ0) is 14.0. The number of anilines is 2. The normalized spacial score (nSPS) is 10.4. The first-order valence-electron chi connectivity index (χ1n) is 5.43. The second-order valence-electron chi connectivity index (χ2n) is 4.01. The molecule has 9 heteroatoms. The topological polar surface area (TPSA) is 116 Å². The minimum absolute atomic E-state index is 0.151. The van der Waals surface area contributed by atoms with E-state index in [2.05, 4.69) is 15.0 Å². The zero-order valence-electron chi connectivity index (χ0n) is 10.5. The lowest BCUT2D eigenvalue weighted by Gasteiger charge is -2.16. The van der Waals surface area contributed by atoms with Crippen molar-refractivity contribution < 1.29 is 4.92 Å². The number of hydrogen-bond acceptors (Lipinski definition) is 7. The maximum Gasteiger partial charge on any atom is 0.329 e. The fraction of sp³-hybridized carbons (Fsp3) is 0.300. The SMILES string of the molecule is CN(Cc1nccn1C)c1ncc([N+](=O)[O-])c(N)n1. The smallest absolute Gasteiger partial charge is 0.329 e. The Balaban J connectivity index is 2.20. The summed E-state index contributed by atoms with van der Waals surface area (Å²) in [6, 6.07) is 0. The van der Waals surface area contributed by atoms with Crippen LogP contribution in [0.2, 0.25) is 0 Å². The number of aromatic nitrogens is 4. The van der Waals surface area contributed by atoms with Gasteiger partial charge in [-0.3, -0.25) is 10.1 Å². The number of nitrogen functional groups attached to an aromatic ring is 1. The van der Waals surface area contributed by atoms with Gasteiger partial charge in [0, 0.05) is 26.5 Å². The van der Waals surface area contributed by atoms with Gasteiger partial charge in [0.15, 0.2) is 0 Å². The Morgan fingerprint density at radius 2 is 2.26 bits per heavy atom. The van der Waals surface area contributed by atoms with E-state index in [0.717, 1.165) is 12.0 Å². The summed E-state index contributed by atoms with van der Waals surface area (Å²) >= 11 is 0. The first-order chi connectivity index (χ1) is 8.99. The Morgan fingerprint density at radius 1 is 1.53 bits per heavy atom. The molecule has 2 N–H and O–H groups in total. The van der Waals surface area contributed by atoms with E-state index in [1.54, 1.807) is 18.1 Å². The van der Waals surface area contributed by atoms with Gasteiger partial charge in [0.2, 0.25) is 11.8 Å². The Hall–Kier alpha value is -2.71. The van der Waals surface area contributed by atoms with Crippen LogP contribution in [-0.2, 0) is 13.6 Å². The molecule has 100 valence electrons. The summed E-state index contributed by atoms with van der Waals surface area (Å²) in [5.74, 6) is 0.982. The Bertz CT molecular complexity index is 610. The third kappa shape index (κ3) is 2.59. The lowest BCUT2D eigenvalue weighted by atomic mass is 10.5. The number of nitrogens with zero attached hydrogens (tertiary/aromatic N) is 6. The fourth-order valence-electron chi connectivity index (χ4n) is 1.54. The van der Waals surface area contributed by atoms with E-state index in [9.17, 15) is 10.1 Å². The minimum Gasteiger partial charge on any atom is -0.378 e. The third-order valence-electron chi connectivity index (χ3n) is 2.62. The first kappa shape index (κ1) is 12.7. The van der Waals surface area contributed by atoms with Crippen molar-refractivity contribution >= 4 is 17.5 Å². The van der Waals surface area contributed by atoms with E-state index in [1.165, 1.54) is 0 Å². The maximum absolute atomic E-state index is 10.6. The number of nitrogens with two attached hydrogens (primary N) is 1. The van der Waals surface area contributed by atoms with Crippen LogP contribution in [-0.4, -0.2) is 31.5 Å². The van der Waals surface area contributed by atoms with Gasteiger partial charge in [0.1, 0.15) is 12.0 Å². The van der Waals surface area contributed by atoms with E-state index < -0.39 is 4.92 Å². The van der Waals surface area contributed by atoms with Crippen molar-refractivity contribution in [2.75, 3.05) is 17.7 Å². The van der Waals surface area contributed by atoms with Crippen LogP contribution < -0.4 is 10.6 Å². The number of aryl methyl sites for hydroxylation is 1. The van der Waals surface area contributed by atoms with Gasteiger partial charge in [-0.25, -0.2) is 9.97 Å². The van der Waals surface area contributed by atoms with Crippen molar-refractivity contribution in [1.82, 2.24) is 19.5 Å². The predicted molar refractivity (Wildman–Crippen MR) is 68.4 cm³/mol. The molecule has 9 nitrogen and oxygen atoms in total. The lowest BCUT2D eigenvalue weighted by molar-refractivity contribution is -0.384. The molecule has 0 amide bonds. The summed E-state index contributed by atoms with van der Waals surface area (Å²) in [5.41, 5.74) is 5.23. The molecule has 0 unspecified atom stereocenters. The molecule has 0 aliphatic heterocycles. The van der Waals surface area contributed by atoms with E-state index >= 15 is 0 Å². The molecule has 0 saturated carbocycles. The largest absolute Gasteiger partial charge is 0.378 e. The molecule has 0 aromatic carbocycles. The molecule has 2 heterocycles. The van der Waals surface area contributed by atoms with Gasteiger partial charge in [-0.15, -0.1) is 0 Å². The van der Waals surface area contributed by atoms with Gasteiger partial charge in [0.25, 0.3) is 0 Å². The molecule has 0 bridgehead atoms. The summed E-state index contributed by atoms with van der Waals surface area (Å²) < 4.78 is 1.87. The fourth-order valence-corrected chi connectivity index (χ4v) is 1.54. The van der Waals surface area contributed by atoms with E-state index in [-0.39, 0.29) is 11.5 Å². The van der Waals surface area contributed by atoms with Gasteiger partial charge in [-0.1, -0.05) is 0 Å². The first-order valence-corrected chi connectivity index (χ1v) is 5.43. The molecule has 0 aliphatic rings. The Morgan fingerprint density at radius 3 is 2.79 bits per heavy atom. The summed E-state index contributed by atoms with van der Waals surface area (Å²) in [7, 11) is 3.64. The molecule has 0 aliphatic carbocycles. The highest BCUT2D eigenvalue weighted by atomic mass is 16.6. The van der Waals surface area contributed by atoms with Crippen LogP contribution in [0.1, 0.15) is 5.82 Å². The summed E-state index contributed by atoms with van der Waals surface area (Å²) in [6.07, 6.45) is 4.62. The van der Waals surface area contributed by atoms with Crippen molar-refractivity contribution in [3.63, 3.8) is 0 Å². The van der Waals surface area contributed by atoms with Crippen LogP contribution in [0.3, 0.4) is 0 Å². The molecule has 0 radical (unpaired) electrons. The van der Waals surface area contributed by atoms with Crippen LogP contribution in [0.15, 0.2) is 18.6 Å². The molecular formula is C10H13N7O2. The van der Waals surface area contributed by atoms with Crippen molar-refractivity contribution in [2.24, 2.45) is 7.05 Å². The molecule has 2 rings (SSSR count). The number of rotatable bonds is 4. The summed E-state index contributed by atoms with van der Waals surface area (Å²) in [4.78, 5) is 23.7. The standard InChI is InChI=1S/C10H13N7O2/c1-15-4-3-12-8(15)6-16(2)10-13-5-7(17(18)19)9(11)14-10/h3-5H,6H2,1-2H3,(H2,11,13,14). The van der Waals surface area contributed by atoms with Crippen LogP contribution in [0.5, 0.6) is 0 Å². The highest BCUT2D eigenvalue weighted by Gasteiger charge is 2.16. The molecule has 0 atom stereocenters. The number of nitro groups is 1. The molecule has 0 fully saturated rings. The minimum atomic E-state index is -0.613. The van der Waals surface area contributed by atoms with Crippen LogP contribution >= 0.6 is 0 Å². The highest BCUT2D eigenvalue weighted by Crippen LogP contribution is 2.20. The Labute approximate surface area is 108 Å². The monoisotopic (exact) mass is 263 g/mol. The van der Waals surface area contributed by atoms with Gasteiger partial charge < -0.3 is 15.2 Å². The number of hydrogen-bond donors (Lipinski definition) is 1. The number of imidazole rings is 1. The molecule has 0 saturated heterocycles. The average molecular weight is 263 g/mol. The van der Waals surface area contributed by atoms with Gasteiger partial charge in [-0.05, 0) is 0 Å². The highest BCUT2D eigenvalue weighted by molar-refractivity contribution is 5.53. The second kappa shape index (κ2) is 4.88. The Kier molecular flexibility index (Phi) is 3.27. The van der Waals surface area contributed by atoms with Gasteiger partial charge in [0.05, 0.1) is 11.5 Å². The van der Waals surface area contributed by atoms with Crippen molar-refractivity contribution in [3.05, 3.63) is 34.5 Å². The van der Waals surface area contributed by atoms with Gasteiger partial charge in [-0.2, -0.15) is 4.98 Å². The molecule has 2 aromatic rings. The van der Waals surface area contributed by atoms with Crippen molar-refractivity contribution in [1.29, 1.82) is 0 Å². The van der Waals surface area contributed by atoms with Crippen molar-refractivity contribution in [2.45, 2.75) is 6.54 Å². The van der Waals surface area contributed by atoms with Crippen molar-refractivity contribution in [3.8, 4) is 0 Å². The summed E-state index contributed by atoms with van der Waals surface area (Å²) in [6.45, 7) is 0.473. The average Bonchev–Trinajstić information content (AvgIpc) is 2.74. The van der Waals surface area contributed by atoms with Crippen LogP contribution in [0.25, 0.3) is 0 Å². The molecule has 19 heavy (non-hydrogen) atoms. The predicted octanol–water partition coefficient (Wildman–Crippen LogP) is 0.337. The quantitative estimate of drug-likeness (QED) is 0.624. The van der Waals surface area contributed by atoms with Gasteiger partial charge >= 0.3 is 5.69 Å². The summed E-state index contributed by atoms with van der Waals surface area (Å²) in [5, 5.41) is 10.6. The molecule has 2 aromatic heterocycles. The van der Waals surface area contributed by atoms with Crippen LogP contribution in [0.4, 0.5) is 17.5 Å². The molecule has 0 spiro atoms. The maximum atomic E-state index is 10.6. The zero-order valence-corrected chi connectivity index (χ0v) is 10.5. The van der Waals surface area contributed by atoms with E-state index in [1.807, 2.05) is 17.8 Å².